The molecule has 8 bridgehead atoms. The minimum Gasteiger partial charge on any atom is -0.457 e. The zero-order chi connectivity index (χ0) is 58.9. The van der Waals surface area contributed by atoms with Crippen molar-refractivity contribution in [1.82, 2.24) is 15.0 Å². The average Bonchev–Trinajstić information content (AvgIpc) is 0.925. The van der Waals surface area contributed by atoms with Crippen LogP contribution in [-0.2, 0) is 4.79 Å². The SMILES string of the molecule is CCCCCC1c2cc3c4cc2OCOc2cc5c(cc21)C(CCCCC)c1c(cc2c(c1C#Cc1ccnc(-c6cc(C#Cc7cccc(NC(C)=O)n7)ccn6)c1)C(CCCCC)c1cc(c(cc1OCO2)OCO4)C3CCCCC)OCO5. The number of carbonyl (C=O) groups is 1. The standard InChI is InChI=1S/C73H76N4O9/c1-6-10-14-20-50-55-35-56-51(21-15-11-7-2)58-37-60-53(23-17-13-9-4)73-54(28-26-48-30-32-75-62(34-48)61-33-47(29-31-74-61)25-27-49-19-18-24-71(77-49)76-46(5)78)72-52(22-16-12-8-3)59-36-57(50)65-39-67(59)83-44-85-69(72)41-70(73)86-45-84-68(60)40-66(58)82-43-80-64(56)38-63(55)79-42-81-65/h18-19,24,29-41,50-53H,6-17,20-23,42-45H2,1-5H3,(H,76,77,78). The Morgan fingerprint density at radius 3 is 1.22 bits per heavy atom. The van der Waals surface area contributed by atoms with Crippen molar-refractivity contribution in [3.63, 3.8) is 0 Å². The van der Waals surface area contributed by atoms with Gasteiger partial charge in [-0.2, -0.15) is 0 Å². The maximum absolute atomic E-state index is 11.7. The molecule has 86 heavy (non-hydrogen) atoms. The van der Waals surface area contributed by atoms with Crippen LogP contribution in [0.1, 0.15) is 228 Å². The molecule has 1 N–H and O–H groups in total. The van der Waals surface area contributed by atoms with E-state index in [1.165, 1.54) is 6.92 Å². The summed E-state index contributed by atoms with van der Waals surface area (Å²) < 4.78 is 54.3. The van der Waals surface area contributed by atoms with Gasteiger partial charge >= 0.3 is 0 Å². The predicted molar refractivity (Wildman–Crippen MR) is 332 cm³/mol. The highest BCUT2D eigenvalue weighted by Crippen LogP contribution is 2.56. The van der Waals surface area contributed by atoms with E-state index in [9.17, 15) is 4.79 Å². The van der Waals surface area contributed by atoms with Crippen molar-refractivity contribution >= 4 is 11.7 Å². The van der Waals surface area contributed by atoms with Crippen LogP contribution in [0, 0.1) is 23.7 Å². The van der Waals surface area contributed by atoms with E-state index in [2.05, 4.69) is 104 Å². The molecule has 12 rings (SSSR count). The van der Waals surface area contributed by atoms with Gasteiger partial charge in [-0.05, 0) is 86.2 Å². The van der Waals surface area contributed by atoms with E-state index in [0.29, 0.717) is 34.4 Å². The second-order valence-corrected chi connectivity index (χ2v) is 23.1. The molecule has 4 aliphatic heterocycles. The van der Waals surface area contributed by atoms with Gasteiger partial charge in [0.15, 0.2) is 0 Å². The third-order valence-corrected chi connectivity index (χ3v) is 17.3. The maximum Gasteiger partial charge on any atom is 0.230 e. The number of aromatic nitrogens is 3. The van der Waals surface area contributed by atoms with Crippen molar-refractivity contribution in [3.8, 4) is 81.1 Å². The van der Waals surface area contributed by atoms with Gasteiger partial charge in [-0.25, -0.2) is 4.98 Å². The number of amides is 1. The summed E-state index contributed by atoms with van der Waals surface area (Å²) in [5, 5.41) is 2.73. The van der Waals surface area contributed by atoms with E-state index in [4.69, 9.17) is 47.9 Å². The molecule has 1 amide bonds. The Balaban J connectivity index is 1.11. The van der Waals surface area contributed by atoms with Crippen LogP contribution >= 0.6 is 0 Å². The molecule has 5 aliphatic rings. The molecule has 0 spiro atoms. The Labute approximate surface area is 505 Å². The molecule has 3 aromatic heterocycles. The third kappa shape index (κ3) is 12.4. The number of pyridine rings is 3. The summed E-state index contributed by atoms with van der Waals surface area (Å²) in [6.07, 6.45) is 19.4. The minimum absolute atomic E-state index is 0.0102. The van der Waals surface area contributed by atoms with Gasteiger partial charge in [-0.3, -0.25) is 14.8 Å². The topological polar surface area (TPSA) is 142 Å². The summed E-state index contributed by atoms with van der Waals surface area (Å²) >= 11 is 0. The number of nitrogens with one attached hydrogen (secondary N) is 1. The molecule has 4 unspecified atom stereocenters. The molecule has 13 nitrogen and oxygen atoms in total. The molecule has 0 radical (unpaired) electrons. The third-order valence-electron chi connectivity index (χ3n) is 17.3. The molecular weight excluding hydrogens is 1080 g/mol. The number of ether oxygens (including phenoxy) is 8. The van der Waals surface area contributed by atoms with E-state index >= 15 is 0 Å². The first-order chi connectivity index (χ1) is 42.3. The van der Waals surface area contributed by atoms with Gasteiger partial charge in [0.1, 0.15) is 57.5 Å². The largest absolute Gasteiger partial charge is 0.457 e. The summed E-state index contributed by atoms with van der Waals surface area (Å²) in [4.78, 5) is 25.8. The first kappa shape index (κ1) is 57.7. The lowest BCUT2D eigenvalue weighted by Crippen LogP contribution is -2.23. The Morgan fingerprint density at radius 1 is 0.442 bits per heavy atom. The van der Waals surface area contributed by atoms with Crippen molar-refractivity contribution < 1.29 is 42.7 Å². The number of hydrogen-bond acceptors (Lipinski definition) is 12. The number of rotatable bonds is 18. The number of carbonyl (C=O) groups excluding carboxylic acids is 1. The average molecular weight is 1150 g/mol. The molecule has 0 saturated carbocycles. The first-order valence-corrected chi connectivity index (χ1v) is 31.3. The Bertz CT molecular complexity index is 3630. The molecule has 0 fully saturated rings. The van der Waals surface area contributed by atoms with Gasteiger partial charge in [0, 0.05) is 128 Å². The fourth-order valence-electron chi connectivity index (χ4n) is 13.1. The van der Waals surface area contributed by atoms with Crippen LogP contribution in [0.3, 0.4) is 0 Å². The smallest absolute Gasteiger partial charge is 0.230 e. The molecule has 4 aromatic carbocycles. The highest BCUT2D eigenvalue weighted by atomic mass is 16.7. The van der Waals surface area contributed by atoms with Crippen LogP contribution in [0.25, 0.3) is 11.4 Å². The van der Waals surface area contributed by atoms with E-state index in [1.54, 1.807) is 18.5 Å². The summed E-state index contributed by atoms with van der Waals surface area (Å²) in [5.74, 6) is 19.5. The van der Waals surface area contributed by atoms with Crippen LogP contribution < -0.4 is 43.2 Å². The fraction of sp³-hybridized carbons (Fsp3) is 0.397. The van der Waals surface area contributed by atoms with Gasteiger partial charge in [0.05, 0.1) is 11.4 Å². The summed E-state index contributed by atoms with van der Waals surface area (Å²) in [6, 6.07) is 28.7. The summed E-state index contributed by atoms with van der Waals surface area (Å²) in [6.45, 7) is 10.4. The first-order valence-electron chi connectivity index (χ1n) is 31.3. The van der Waals surface area contributed by atoms with Crippen molar-refractivity contribution in [2.75, 3.05) is 32.5 Å². The Hall–Kier alpha value is -8.68. The van der Waals surface area contributed by atoms with Gasteiger partial charge in [0.2, 0.25) is 33.1 Å². The highest BCUT2D eigenvalue weighted by molar-refractivity contribution is 5.87. The fourth-order valence-corrected chi connectivity index (χ4v) is 13.1. The predicted octanol–water partition coefficient (Wildman–Crippen LogP) is 16.4. The van der Waals surface area contributed by atoms with Crippen molar-refractivity contribution in [1.29, 1.82) is 0 Å². The lowest BCUT2D eigenvalue weighted by molar-refractivity contribution is -0.114. The van der Waals surface area contributed by atoms with Gasteiger partial charge in [0.25, 0.3) is 0 Å². The summed E-state index contributed by atoms with van der Waals surface area (Å²) in [7, 11) is 0. The quantitative estimate of drug-likeness (QED) is 0.0646. The van der Waals surface area contributed by atoms with Crippen LogP contribution in [-0.4, -0.2) is 48.0 Å². The van der Waals surface area contributed by atoms with Crippen molar-refractivity contribution in [2.45, 2.75) is 161 Å². The monoisotopic (exact) mass is 1150 g/mol. The van der Waals surface area contributed by atoms with Crippen LogP contribution in [0.15, 0.2) is 97.3 Å². The van der Waals surface area contributed by atoms with E-state index in [1.807, 2.05) is 36.4 Å². The zero-order valence-electron chi connectivity index (χ0n) is 50.2. The molecular formula is C73H76N4O9. The normalized spacial score (nSPS) is 17.1. The molecule has 7 aromatic rings. The van der Waals surface area contributed by atoms with Crippen LogP contribution in [0.5, 0.6) is 46.0 Å². The number of unbranched alkanes of at least 4 members (excludes halogenated alkanes) is 8. The number of hydrogen-bond donors (Lipinski definition) is 1. The van der Waals surface area contributed by atoms with Crippen molar-refractivity contribution in [2.24, 2.45) is 0 Å². The second kappa shape index (κ2) is 26.7. The summed E-state index contributed by atoms with van der Waals surface area (Å²) in [5.41, 5.74) is 12.9. The number of anilines is 1. The Morgan fingerprint density at radius 2 is 0.814 bits per heavy atom. The lowest BCUT2D eigenvalue weighted by atomic mass is 9.74. The van der Waals surface area contributed by atoms with Crippen LogP contribution in [0.4, 0.5) is 5.82 Å². The second-order valence-electron chi connectivity index (χ2n) is 23.1. The lowest BCUT2D eigenvalue weighted by Gasteiger charge is -2.36. The number of nitrogens with zero attached hydrogens (tertiary/aromatic N) is 3. The maximum atomic E-state index is 11.7. The highest BCUT2D eigenvalue weighted by Gasteiger charge is 2.39. The van der Waals surface area contributed by atoms with Gasteiger partial charge in [-0.15, -0.1) is 0 Å². The molecule has 13 heteroatoms. The molecule has 0 saturated heterocycles. The van der Waals surface area contributed by atoms with E-state index < -0.39 is 0 Å². The van der Waals surface area contributed by atoms with Gasteiger partial charge in [-0.1, -0.05) is 129 Å². The van der Waals surface area contributed by atoms with Crippen molar-refractivity contribution in [3.05, 3.63) is 164 Å². The minimum atomic E-state index is -0.218. The molecule has 442 valence electrons. The van der Waals surface area contributed by atoms with E-state index in [-0.39, 0.29) is 56.8 Å². The number of benzene rings is 4. The van der Waals surface area contributed by atoms with Crippen LogP contribution in [0.2, 0.25) is 0 Å². The molecule has 4 atom stereocenters. The van der Waals surface area contributed by atoms with Gasteiger partial charge < -0.3 is 43.2 Å². The molecule has 7 heterocycles. The molecule has 1 aliphatic carbocycles. The Kier molecular flexibility index (Phi) is 17.9. The zero-order valence-corrected chi connectivity index (χ0v) is 50.2. The van der Waals surface area contributed by atoms with E-state index in [0.717, 1.165) is 198 Å².